The third-order valence-corrected chi connectivity index (χ3v) is 6.62. The Bertz CT molecular complexity index is 1430. The van der Waals surface area contributed by atoms with Crippen LogP contribution in [0.25, 0.3) is 11.0 Å². The van der Waals surface area contributed by atoms with E-state index in [1.807, 2.05) is 0 Å². The van der Waals surface area contributed by atoms with E-state index in [1.54, 1.807) is 33.9 Å². The van der Waals surface area contributed by atoms with Crippen LogP contribution in [-0.2, 0) is 16.1 Å². The van der Waals surface area contributed by atoms with E-state index in [0.717, 1.165) is 5.39 Å². The molecule has 3 aliphatic rings. The van der Waals surface area contributed by atoms with Gasteiger partial charge in [-0.05, 0) is 24.6 Å². The van der Waals surface area contributed by atoms with E-state index >= 15 is 0 Å². The molecule has 6 rings (SSSR count). The summed E-state index contributed by atoms with van der Waals surface area (Å²) in [6.45, 7) is 2.15. The van der Waals surface area contributed by atoms with E-state index in [2.05, 4.69) is 25.2 Å². The van der Waals surface area contributed by atoms with Gasteiger partial charge in [0.25, 0.3) is 11.5 Å². The molecule has 2 saturated heterocycles. The van der Waals surface area contributed by atoms with E-state index < -0.39 is 6.09 Å². The van der Waals surface area contributed by atoms with Gasteiger partial charge in [0, 0.05) is 43.8 Å². The molecular formula is C23H23N7O6. The predicted octanol–water partition coefficient (Wildman–Crippen LogP) is 0.626. The highest BCUT2D eigenvalue weighted by Crippen LogP contribution is 2.34. The molecule has 3 aliphatic heterocycles. The van der Waals surface area contributed by atoms with E-state index in [9.17, 15) is 14.4 Å². The average Bonchev–Trinajstić information content (AvgIpc) is 3.22. The van der Waals surface area contributed by atoms with Crippen molar-refractivity contribution in [1.29, 1.82) is 0 Å². The van der Waals surface area contributed by atoms with Gasteiger partial charge < -0.3 is 19.5 Å². The van der Waals surface area contributed by atoms with E-state index in [4.69, 9.17) is 14.2 Å². The van der Waals surface area contributed by atoms with Crippen LogP contribution in [0.15, 0.2) is 35.3 Å². The minimum absolute atomic E-state index is 0.0638. The number of anilines is 2. The molecule has 2 atom stereocenters. The smallest absolute Gasteiger partial charge is 0.416 e. The molecule has 6 heterocycles. The van der Waals surface area contributed by atoms with Gasteiger partial charge in [-0.2, -0.15) is 4.98 Å². The number of methoxy groups -OCH3 is 1. The first-order valence-electron chi connectivity index (χ1n) is 11.6. The van der Waals surface area contributed by atoms with Gasteiger partial charge >= 0.3 is 12.1 Å². The van der Waals surface area contributed by atoms with Crippen LogP contribution >= 0.6 is 0 Å². The van der Waals surface area contributed by atoms with Crippen molar-refractivity contribution in [3.8, 4) is 11.8 Å². The van der Waals surface area contributed by atoms with Crippen molar-refractivity contribution >= 4 is 34.7 Å². The predicted molar refractivity (Wildman–Crippen MR) is 126 cm³/mol. The van der Waals surface area contributed by atoms with Crippen LogP contribution in [-0.4, -0.2) is 81.9 Å². The summed E-state index contributed by atoms with van der Waals surface area (Å²) in [5, 5.41) is 3.41. The van der Waals surface area contributed by atoms with Gasteiger partial charge in [-0.25, -0.2) is 14.8 Å². The monoisotopic (exact) mass is 493 g/mol. The number of pyridine rings is 2. The van der Waals surface area contributed by atoms with Gasteiger partial charge in [0.15, 0.2) is 18.2 Å². The molecule has 0 bridgehead atoms. The number of piperidine rings is 1. The van der Waals surface area contributed by atoms with Gasteiger partial charge in [0.2, 0.25) is 0 Å². The van der Waals surface area contributed by atoms with Gasteiger partial charge in [-0.15, -0.1) is 0 Å². The van der Waals surface area contributed by atoms with Crippen LogP contribution in [0, 0.1) is 0 Å². The van der Waals surface area contributed by atoms with E-state index in [-0.39, 0.29) is 36.2 Å². The Morgan fingerprint density at radius 1 is 1.14 bits per heavy atom. The molecule has 13 heteroatoms. The highest BCUT2D eigenvalue weighted by molar-refractivity contribution is 5.95. The third-order valence-electron chi connectivity index (χ3n) is 6.62. The molecule has 13 nitrogen and oxygen atoms in total. The number of likely N-dealkylation sites (tertiary alicyclic amines) is 1. The Hall–Kier alpha value is -4.26. The standard InChI is InChI=1S/C23H23N7O6/c1-34-22-24-10-13-2-5-19(32)29(21(13)27-22)9-8-28-7-6-14-16(11-28)36-23(33)30(14)17-4-3-15-20(25-17)26-18(31)12-35-15/h2-5,10,14,16H,6-9,11-12H2,1H3,(H,25,26,31)/t14-,16+/m0/s1. The number of nitrogens with zero attached hydrogens (tertiary/aromatic N) is 6. The molecule has 3 aromatic heterocycles. The quantitative estimate of drug-likeness (QED) is 0.538. The molecule has 36 heavy (non-hydrogen) atoms. The number of amides is 2. The second-order valence-electron chi connectivity index (χ2n) is 8.76. The summed E-state index contributed by atoms with van der Waals surface area (Å²) in [6, 6.07) is 6.58. The van der Waals surface area contributed by atoms with Gasteiger partial charge in [-0.1, -0.05) is 0 Å². The molecule has 1 N–H and O–H groups in total. The molecule has 0 radical (unpaired) electrons. The maximum Gasteiger partial charge on any atom is 0.416 e. The van der Waals surface area contributed by atoms with Crippen LogP contribution in [0.1, 0.15) is 6.42 Å². The Balaban J connectivity index is 1.16. The molecule has 0 spiro atoms. The average molecular weight is 493 g/mol. The Morgan fingerprint density at radius 2 is 2.03 bits per heavy atom. The first-order valence-corrected chi connectivity index (χ1v) is 11.6. The fourth-order valence-corrected chi connectivity index (χ4v) is 4.87. The summed E-state index contributed by atoms with van der Waals surface area (Å²) in [4.78, 5) is 53.6. The minimum atomic E-state index is -0.476. The fraction of sp³-hybridized carbons (Fsp3) is 0.391. The van der Waals surface area contributed by atoms with E-state index in [0.29, 0.717) is 55.6 Å². The van der Waals surface area contributed by atoms with Gasteiger partial charge in [0.1, 0.15) is 17.6 Å². The first-order chi connectivity index (χ1) is 17.5. The number of carbonyl (C=O) groups is 2. The number of fused-ring (bicyclic) bond motifs is 3. The topological polar surface area (TPSA) is 141 Å². The van der Waals surface area contributed by atoms with Crippen molar-refractivity contribution < 1.29 is 23.8 Å². The minimum Gasteiger partial charge on any atom is -0.480 e. The number of ether oxygens (including phenoxy) is 3. The van der Waals surface area contributed by atoms with Crippen LogP contribution in [0.5, 0.6) is 11.8 Å². The van der Waals surface area contributed by atoms with Crippen molar-refractivity contribution in [2.45, 2.75) is 25.1 Å². The Kier molecular flexibility index (Phi) is 5.40. The normalized spacial score (nSPS) is 21.4. The second kappa shape index (κ2) is 8.75. The summed E-state index contributed by atoms with van der Waals surface area (Å²) in [5.41, 5.74) is 0.350. The lowest BCUT2D eigenvalue weighted by molar-refractivity contribution is -0.118. The number of aromatic nitrogens is 4. The summed E-state index contributed by atoms with van der Waals surface area (Å²) in [7, 11) is 1.48. The number of hydrogen-bond donors (Lipinski definition) is 1. The zero-order chi connectivity index (χ0) is 24.8. The summed E-state index contributed by atoms with van der Waals surface area (Å²) < 4.78 is 17.8. The second-order valence-corrected chi connectivity index (χ2v) is 8.76. The van der Waals surface area contributed by atoms with E-state index in [1.165, 1.54) is 13.2 Å². The lowest BCUT2D eigenvalue weighted by Gasteiger charge is -2.35. The zero-order valence-electron chi connectivity index (χ0n) is 19.4. The lowest BCUT2D eigenvalue weighted by atomic mass is 10.0. The highest BCUT2D eigenvalue weighted by atomic mass is 16.6. The first kappa shape index (κ1) is 22.2. The number of nitrogens with one attached hydrogen (secondary N) is 1. The molecule has 3 aromatic rings. The summed E-state index contributed by atoms with van der Waals surface area (Å²) in [6.07, 6.45) is 1.47. The Morgan fingerprint density at radius 3 is 2.89 bits per heavy atom. The molecule has 186 valence electrons. The van der Waals surface area contributed by atoms with Crippen molar-refractivity contribution in [3.05, 3.63) is 40.8 Å². The van der Waals surface area contributed by atoms with Gasteiger partial charge in [0.05, 0.1) is 13.2 Å². The van der Waals surface area contributed by atoms with Crippen LogP contribution in [0.4, 0.5) is 16.4 Å². The molecule has 0 aromatic carbocycles. The van der Waals surface area contributed by atoms with Crippen molar-refractivity contribution in [3.63, 3.8) is 0 Å². The molecule has 0 unspecified atom stereocenters. The summed E-state index contributed by atoms with van der Waals surface area (Å²) >= 11 is 0. The number of carbonyl (C=O) groups excluding carboxylic acids is 2. The van der Waals surface area contributed by atoms with Crippen molar-refractivity contribution in [2.24, 2.45) is 0 Å². The zero-order valence-corrected chi connectivity index (χ0v) is 19.4. The number of hydrogen-bond acceptors (Lipinski definition) is 10. The molecule has 2 fully saturated rings. The lowest BCUT2D eigenvalue weighted by Crippen LogP contribution is -2.50. The highest BCUT2D eigenvalue weighted by Gasteiger charge is 2.46. The maximum atomic E-state index is 12.8. The largest absolute Gasteiger partial charge is 0.480 e. The van der Waals surface area contributed by atoms with Crippen LogP contribution in [0.3, 0.4) is 0 Å². The number of rotatable bonds is 5. The molecule has 2 amide bonds. The third kappa shape index (κ3) is 3.86. The molecule has 0 saturated carbocycles. The molecule has 0 aliphatic carbocycles. The SMILES string of the molecule is COc1ncc2ccc(=O)n(CCN3CC[C@H]4[C@@H](C3)OC(=O)N4c3ccc4c(n3)NC(=O)CO4)c2n1. The van der Waals surface area contributed by atoms with Crippen molar-refractivity contribution in [2.75, 3.05) is 43.6 Å². The summed E-state index contributed by atoms with van der Waals surface area (Å²) in [5.74, 6) is 0.862. The Labute approximate surface area is 204 Å². The fourth-order valence-electron chi connectivity index (χ4n) is 4.87. The van der Waals surface area contributed by atoms with Crippen LogP contribution in [0.2, 0.25) is 0 Å². The van der Waals surface area contributed by atoms with Crippen LogP contribution < -0.4 is 25.2 Å². The van der Waals surface area contributed by atoms with Gasteiger partial charge in [-0.3, -0.25) is 24.0 Å². The van der Waals surface area contributed by atoms with Crippen molar-refractivity contribution in [1.82, 2.24) is 24.4 Å². The molecular weight excluding hydrogens is 470 g/mol. The maximum absolute atomic E-state index is 12.8.